The molecule has 1 rings (SSSR count). The molecule has 0 radical (unpaired) electrons. The van der Waals surface area contributed by atoms with Gasteiger partial charge in [0.05, 0.1) is 33.2 Å². The van der Waals surface area contributed by atoms with Crippen molar-refractivity contribution in [3.63, 3.8) is 0 Å². The van der Waals surface area contributed by atoms with Crippen LogP contribution in [0.4, 0.5) is 5.69 Å². The Bertz CT molecular complexity index is 612. The largest absolute Gasteiger partial charge is 0.465 e. The van der Waals surface area contributed by atoms with Crippen LogP contribution in [0.3, 0.4) is 0 Å². The molecule has 0 aliphatic heterocycles. The number of carbonyl (C=O) groups excluding carboxylic acids is 1. The van der Waals surface area contributed by atoms with Crippen molar-refractivity contribution in [2.75, 3.05) is 6.61 Å². The van der Waals surface area contributed by atoms with E-state index in [1.165, 1.54) is 6.92 Å². The Morgan fingerprint density at radius 3 is 2.50 bits per heavy atom. The molecule has 0 fully saturated rings. The van der Waals surface area contributed by atoms with E-state index in [1.54, 1.807) is 13.0 Å². The van der Waals surface area contributed by atoms with Crippen LogP contribution in [0.5, 0.6) is 0 Å². The Morgan fingerprint density at radius 2 is 2.05 bits per heavy atom. The number of hydrogen-bond donors (Lipinski definition) is 0. The summed E-state index contributed by atoms with van der Waals surface area (Å²) in [6.07, 6.45) is 0. The maximum absolute atomic E-state index is 11.9. The van der Waals surface area contributed by atoms with Crippen LogP contribution in [0.1, 0.15) is 19.4 Å². The molecule has 0 aliphatic carbocycles. The van der Waals surface area contributed by atoms with Crippen LogP contribution in [0.25, 0.3) is 0 Å². The Morgan fingerprint density at radius 1 is 1.50 bits per heavy atom. The standard InChI is InChI=1S/C12H10Cl2N2O4/c1-3-20-11(17)12(2,6-15)7-4-8(13)9(14)5-10(7)16(18)19/h4-5H,3H2,1-2H3. The van der Waals surface area contributed by atoms with Gasteiger partial charge in [0, 0.05) is 6.07 Å². The first-order valence-corrected chi connectivity index (χ1v) is 6.25. The fraction of sp³-hybridized carbons (Fsp3) is 0.333. The second kappa shape index (κ2) is 6.07. The van der Waals surface area contributed by atoms with E-state index in [2.05, 4.69) is 0 Å². The van der Waals surface area contributed by atoms with Crippen molar-refractivity contribution < 1.29 is 14.5 Å². The SMILES string of the molecule is CCOC(=O)C(C)(C#N)c1cc(Cl)c(Cl)cc1[N+](=O)[O-]. The molecule has 1 atom stereocenters. The number of carbonyl (C=O) groups is 1. The van der Waals surface area contributed by atoms with Crippen molar-refractivity contribution in [1.29, 1.82) is 5.26 Å². The quantitative estimate of drug-likeness (QED) is 0.483. The summed E-state index contributed by atoms with van der Waals surface area (Å²) in [7, 11) is 0. The molecule has 8 heteroatoms. The topological polar surface area (TPSA) is 93.2 Å². The lowest BCUT2D eigenvalue weighted by molar-refractivity contribution is -0.385. The normalized spacial score (nSPS) is 13.2. The molecular weight excluding hydrogens is 307 g/mol. The van der Waals surface area contributed by atoms with Crippen LogP contribution >= 0.6 is 23.2 Å². The molecule has 0 spiro atoms. The summed E-state index contributed by atoms with van der Waals surface area (Å²) >= 11 is 11.5. The van der Waals surface area contributed by atoms with Crippen molar-refractivity contribution in [1.82, 2.24) is 0 Å². The van der Waals surface area contributed by atoms with Gasteiger partial charge in [-0.2, -0.15) is 5.26 Å². The highest BCUT2D eigenvalue weighted by Crippen LogP contribution is 2.38. The molecule has 0 amide bonds. The average molecular weight is 317 g/mol. The van der Waals surface area contributed by atoms with Crippen molar-refractivity contribution >= 4 is 34.9 Å². The lowest BCUT2D eigenvalue weighted by Gasteiger charge is -2.20. The highest BCUT2D eigenvalue weighted by Gasteiger charge is 2.42. The van der Waals surface area contributed by atoms with Gasteiger partial charge >= 0.3 is 5.97 Å². The van der Waals surface area contributed by atoms with Crippen LogP contribution < -0.4 is 0 Å². The first-order valence-electron chi connectivity index (χ1n) is 5.50. The molecule has 106 valence electrons. The molecule has 0 saturated heterocycles. The van der Waals surface area contributed by atoms with E-state index in [4.69, 9.17) is 27.9 Å². The van der Waals surface area contributed by atoms with E-state index in [1.807, 2.05) is 0 Å². The molecule has 0 bridgehead atoms. The van der Waals surface area contributed by atoms with Crippen molar-refractivity contribution in [2.45, 2.75) is 19.3 Å². The fourth-order valence-corrected chi connectivity index (χ4v) is 1.90. The predicted molar refractivity (Wildman–Crippen MR) is 72.7 cm³/mol. The number of nitro groups is 1. The predicted octanol–water partition coefficient (Wildman–Crippen LogP) is 3.25. The molecule has 1 aromatic rings. The average Bonchev–Trinajstić information content (AvgIpc) is 2.40. The van der Waals surface area contributed by atoms with Gasteiger partial charge in [-0.05, 0) is 19.9 Å². The summed E-state index contributed by atoms with van der Waals surface area (Å²) in [5.74, 6) is -0.885. The number of ether oxygens (including phenoxy) is 1. The summed E-state index contributed by atoms with van der Waals surface area (Å²) in [4.78, 5) is 22.3. The minimum absolute atomic E-state index is 0.0121. The summed E-state index contributed by atoms with van der Waals surface area (Å²) in [6.45, 7) is 2.85. The zero-order valence-corrected chi connectivity index (χ0v) is 12.2. The van der Waals surface area contributed by atoms with Crippen LogP contribution in [-0.2, 0) is 14.9 Å². The summed E-state index contributed by atoms with van der Waals surface area (Å²) in [6, 6.07) is 3.89. The number of rotatable bonds is 4. The number of nitro benzene ring substituents is 1. The van der Waals surface area contributed by atoms with Gasteiger partial charge in [0.25, 0.3) is 5.69 Å². The lowest BCUT2D eigenvalue weighted by atomic mass is 9.83. The highest BCUT2D eigenvalue weighted by molar-refractivity contribution is 6.42. The molecular formula is C12H10Cl2N2O4. The molecule has 20 heavy (non-hydrogen) atoms. The van der Waals surface area contributed by atoms with Crippen molar-refractivity contribution in [2.24, 2.45) is 0 Å². The second-order valence-corrected chi connectivity index (χ2v) is 4.81. The van der Waals surface area contributed by atoms with Gasteiger partial charge < -0.3 is 4.74 Å². The molecule has 1 unspecified atom stereocenters. The van der Waals surface area contributed by atoms with Gasteiger partial charge in [0.2, 0.25) is 0 Å². The first-order chi connectivity index (χ1) is 9.27. The van der Waals surface area contributed by atoms with Gasteiger partial charge in [0.1, 0.15) is 0 Å². The minimum atomic E-state index is -1.84. The van der Waals surface area contributed by atoms with Crippen molar-refractivity contribution in [3.8, 4) is 6.07 Å². The summed E-state index contributed by atoms with van der Waals surface area (Å²) in [5.41, 5.74) is -2.46. The highest BCUT2D eigenvalue weighted by atomic mass is 35.5. The molecule has 1 aromatic carbocycles. The molecule has 0 N–H and O–H groups in total. The Hall–Kier alpha value is -1.84. The van der Waals surface area contributed by atoms with Gasteiger partial charge in [-0.3, -0.25) is 10.1 Å². The van der Waals surface area contributed by atoms with E-state index < -0.39 is 22.0 Å². The van der Waals surface area contributed by atoms with Crippen molar-refractivity contribution in [3.05, 3.63) is 37.9 Å². The molecule has 0 aliphatic rings. The number of esters is 1. The van der Waals surface area contributed by atoms with E-state index in [-0.39, 0.29) is 22.2 Å². The van der Waals surface area contributed by atoms with Gasteiger partial charge in [-0.15, -0.1) is 0 Å². The van der Waals surface area contributed by atoms with E-state index >= 15 is 0 Å². The van der Waals surface area contributed by atoms with Gasteiger partial charge in [-0.25, -0.2) is 4.79 Å². The van der Waals surface area contributed by atoms with Gasteiger partial charge in [0.15, 0.2) is 5.41 Å². The fourth-order valence-electron chi connectivity index (χ4n) is 1.58. The Labute approximate surface area is 125 Å². The smallest absolute Gasteiger partial charge is 0.331 e. The summed E-state index contributed by atoms with van der Waals surface area (Å²) < 4.78 is 4.80. The number of nitrogens with zero attached hydrogens (tertiary/aromatic N) is 2. The lowest BCUT2D eigenvalue weighted by Crippen LogP contribution is -2.33. The van der Waals surface area contributed by atoms with E-state index in [0.29, 0.717) is 0 Å². The molecule has 6 nitrogen and oxygen atoms in total. The zero-order chi connectivity index (χ0) is 15.5. The minimum Gasteiger partial charge on any atom is -0.465 e. The summed E-state index contributed by atoms with van der Waals surface area (Å²) in [5, 5.41) is 20.3. The third-order valence-electron chi connectivity index (χ3n) is 2.68. The van der Waals surface area contributed by atoms with Crippen LogP contribution in [0, 0.1) is 21.4 Å². The zero-order valence-electron chi connectivity index (χ0n) is 10.6. The number of nitriles is 1. The number of hydrogen-bond acceptors (Lipinski definition) is 5. The molecule has 0 heterocycles. The van der Waals surface area contributed by atoms with E-state index in [9.17, 15) is 20.2 Å². The maximum Gasteiger partial charge on any atom is 0.331 e. The van der Waals surface area contributed by atoms with Gasteiger partial charge in [-0.1, -0.05) is 23.2 Å². The maximum atomic E-state index is 11.9. The first kappa shape index (κ1) is 16.2. The third-order valence-corrected chi connectivity index (χ3v) is 3.40. The van der Waals surface area contributed by atoms with Crippen LogP contribution in [0.2, 0.25) is 10.0 Å². The Kier molecular flexibility index (Phi) is 4.93. The number of halogens is 2. The number of benzene rings is 1. The van der Waals surface area contributed by atoms with Crippen LogP contribution in [-0.4, -0.2) is 17.5 Å². The van der Waals surface area contributed by atoms with Crippen LogP contribution in [0.15, 0.2) is 12.1 Å². The van der Waals surface area contributed by atoms with E-state index in [0.717, 1.165) is 12.1 Å². The molecule has 0 aromatic heterocycles. The second-order valence-electron chi connectivity index (χ2n) is 4.00. The molecule has 0 saturated carbocycles. The monoisotopic (exact) mass is 316 g/mol. The Balaban J connectivity index is 3.58. The third kappa shape index (κ3) is 2.84.